The number of hydrogen-bond acceptors (Lipinski definition) is 4. The van der Waals surface area contributed by atoms with Crippen molar-refractivity contribution in [2.45, 2.75) is 94.9 Å². The molecule has 0 fully saturated rings. The zero-order valence-corrected chi connectivity index (χ0v) is 26.5. The van der Waals surface area contributed by atoms with Gasteiger partial charge in [0, 0.05) is 48.5 Å². The summed E-state index contributed by atoms with van der Waals surface area (Å²) >= 11 is 7.60. The maximum atomic E-state index is 2.30. The quantitative estimate of drug-likeness (QED) is 0.230. The van der Waals surface area contributed by atoms with E-state index in [1.165, 1.54) is 35.7 Å². The lowest BCUT2D eigenvalue weighted by molar-refractivity contribution is 1.09. The van der Waals surface area contributed by atoms with Crippen molar-refractivity contribution in [3.05, 3.63) is 88.6 Å². The van der Waals surface area contributed by atoms with Crippen LogP contribution in [-0.2, 0) is 19.3 Å². The van der Waals surface area contributed by atoms with Gasteiger partial charge in [-0.1, -0.05) is 87.8 Å². The van der Waals surface area contributed by atoms with E-state index in [9.17, 15) is 0 Å². The van der Waals surface area contributed by atoms with Gasteiger partial charge in [-0.2, -0.15) is 0 Å². The Bertz CT molecular complexity index is 792. The molecule has 4 aromatic heterocycles. The van der Waals surface area contributed by atoms with Crippen LogP contribution in [0.25, 0.3) is 0 Å². The molecule has 0 N–H and O–H groups in total. The highest BCUT2D eigenvalue weighted by atomic mass is 32.1. The minimum atomic E-state index is 1.07. The van der Waals surface area contributed by atoms with Crippen LogP contribution in [0.3, 0.4) is 0 Å². The lowest BCUT2D eigenvalue weighted by Crippen LogP contribution is -1.78. The molecule has 0 bridgehead atoms. The monoisotopic (exact) mass is 536 g/mol. The van der Waals surface area contributed by atoms with E-state index in [4.69, 9.17) is 0 Å². The van der Waals surface area contributed by atoms with Gasteiger partial charge in [-0.3, -0.25) is 0 Å². The highest BCUT2D eigenvalue weighted by Gasteiger charge is 2.07. The van der Waals surface area contributed by atoms with Gasteiger partial charge in [0.05, 0.1) is 0 Å². The molecule has 4 heteroatoms. The number of thiophene rings is 4. The summed E-state index contributed by atoms with van der Waals surface area (Å²) in [5.74, 6) is 0. The maximum Gasteiger partial charge on any atom is 0.0163 e. The first-order valence-electron chi connectivity index (χ1n) is 13.0. The molecule has 0 aromatic carbocycles. The molecule has 0 saturated heterocycles. The molecule has 0 amide bonds. The van der Waals surface area contributed by atoms with Crippen LogP contribution in [0.5, 0.6) is 0 Å². The van der Waals surface area contributed by atoms with Crippen molar-refractivity contribution < 1.29 is 0 Å². The molecule has 4 aromatic rings. The molecule has 0 unspecified atom stereocenters. The van der Waals surface area contributed by atoms with E-state index in [0.29, 0.717) is 0 Å². The normalized spacial score (nSPS) is 8.76. The maximum absolute atomic E-state index is 2.30. The van der Waals surface area contributed by atoms with Gasteiger partial charge in [0.25, 0.3) is 0 Å². The molecule has 34 heavy (non-hydrogen) atoms. The first-order chi connectivity index (χ1) is 16.8. The van der Waals surface area contributed by atoms with Crippen molar-refractivity contribution >= 4 is 45.3 Å². The molecular formula is C30H48S4. The standard InChI is InChI=1S/C19H16S4.C3H8.4C2H6/c1-3-14(20-9-1)11-16-5-7-18(22-16)13-19-8-6-17(23-19)12-15-4-2-10-21-15;1-3-2;4*1-2/h1-10H,11-13H2;3H2,1-2H3;4*1-2H3. The van der Waals surface area contributed by atoms with Crippen LogP contribution in [0.2, 0.25) is 0 Å². The van der Waals surface area contributed by atoms with Gasteiger partial charge in [0.1, 0.15) is 0 Å². The SMILES string of the molecule is CC.CC.CC.CC.CCC.c1csc(Cc2ccc(Cc3ccc(Cc4cccs4)s3)s2)c1. The zero-order valence-electron chi connectivity index (χ0n) is 23.2. The van der Waals surface area contributed by atoms with Gasteiger partial charge in [-0.15, -0.1) is 45.3 Å². The van der Waals surface area contributed by atoms with Crippen LogP contribution < -0.4 is 0 Å². The molecular weight excluding hydrogens is 489 g/mol. The zero-order chi connectivity index (χ0) is 26.2. The molecule has 0 aliphatic carbocycles. The van der Waals surface area contributed by atoms with Crippen molar-refractivity contribution in [1.82, 2.24) is 0 Å². The van der Waals surface area contributed by atoms with Gasteiger partial charge in [0.15, 0.2) is 0 Å². The van der Waals surface area contributed by atoms with Gasteiger partial charge < -0.3 is 0 Å². The average molecular weight is 537 g/mol. The highest BCUT2D eigenvalue weighted by molar-refractivity contribution is 7.14. The van der Waals surface area contributed by atoms with E-state index in [-0.39, 0.29) is 0 Å². The molecule has 0 aliphatic heterocycles. The summed E-state index contributed by atoms with van der Waals surface area (Å²) in [6.07, 6.45) is 4.48. The second-order valence-electron chi connectivity index (χ2n) is 6.13. The van der Waals surface area contributed by atoms with Gasteiger partial charge in [-0.05, 0) is 47.2 Å². The Kier molecular flexibility index (Phi) is 25.6. The summed E-state index contributed by atoms with van der Waals surface area (Å²) in [4.78, 5) is 8.79. The van der Waals surface area contributed by atoms with E-state index in [1.54, 1.807) is 0 Å². The Labute approximate surface area is 227 Å². The van der Waals surface area contributed by atoms with E-state index in [1.807, 2.05) is 101 Å². The molecule has 0 spiro atoms. The van der Waals surface area contributed by atoms with Crippen LogP contribution in [-0.4, -0.2) is 0 Å². The third-order valence-electron chi connectivity index (χ3n) is 3.64. The summed E-state index contributed by atoms with van der Waals surface area (Å²) in [5, 5.41) is 4.31. The van der Waals surface area contributed by atoms with E-state index < -0.39 is 0 Å². The minimum Gasteiger partial charge on any atom is -0.149 e. The van der Waals surface area contributed by atoms with E-state index in [0.717, 1.165) is 19.3 Å². The smallest absolute Gasteiger partial charge is 0.0163 e. The largest absolute Gasteiger partial charge is 0.149 e. The fourth-order valence-corrected chi connectivity index (χ4v) is 6.42. The summed E-state index contributed by atoms with van der Waals surface area (Å²) in [7, 11) is 0. The Morgan fingerprint density at radius 1 is 0.441 bits per heavy atom. The predicted molar refractivity (Wildman–Crippen MR) is 167 cm³/mol. The first-order valence-corrected chi connectivity index (χ1v) is 16.4. The first kappa shape index (κ1) is 35.0. The summed E-state index contributed by atoms with van der Waals surface area (Å²) in [6, 6.07) is 17.9. The Morgan fingerprint density at radius 3 is 0.941 bits per heavy atom. The van der Waals surface area contributed by atoms with Crippen molar-refractivity contribution in [2.75, 3.05) is 0 Å². The predicted octanol–water partition coefficient (Wildman–Crippen LogP) is 12.2. The van der Waals surface area contributed by atoms with Crippen LogP contribution in [0.1, 0.15) is 105 Å². The topological polar surface area (TPSA) is 0 Å². The third-order valence-corrected chi connectivity index (χ3v) is 7.56. The van der Waals surface area contributed by atoms with E-state index in [2.05, 4.69) is 73.1 Å². The van der Waals surface area contributed by atoms with Crippen molar-refractivity contribution in [1.29, 1.82) is 0 Å². The third kappa shape index (κ3) is 14.9. The Morgan fingerprint density at radius 2 is 0.706 bits per heavy atom. The van der Waals surface area contributed by atoms with Crippen molar-refractivity contribution in [3.63, 3.8) is 0 Å². The van der Waals surface area contributed by atoms with Gasteiger partial charge >= 0.3 is 0 Å². The Hall–Kier alpha value is -1.20. The average Bonchev–Trinajstić information content (AvgIpc) is 3.71. The van der Waals surface area contributed by atoms with Crippen LogP contribution >= 0.6 is 45.3 Å². The van der Waals surface area contributed by atoms with Crippen LogP contribution in [0.15, 0.2) is 59.3 Å². The summed E-state index contributed by atoms with van der Waals surface area (Å²) in [5.41, 5.74) is 0. The minimum absolute atomic E-state index is 1.07. The summed E-state index contributed by atoms with van der Waals surface area (Å²) in [6.45, 7) is 20.2. The number of rotatable bonds is 6. The number of hydrogen-bond donors (Lipinski definition) is 0. The molecule has 0 radical (unpaired) electrons. The van der Waals surface area contributed by atoms with Gasteiger partial charge in [-0.25, -0.2) is 0 Å². The van der Waals surface area contributed by atoms with Crippen molar-refractivity contribution in [2.24, 2.45) is 0 Å². The molecule has 0 atom stereocenters. The summed E-state index contributed by atoms with van der Waals surface area (Å²) < 4.78 is 0. The molecule has 0 saturated carbocycles. The second kappa shape index (κ2) is 24.9. The van der Waals surface area contributed by atoms with Crippen LogP contribution in [0.4, 0.5) is 0 Å². The van der Waals surface area contributed by atoms with Crippen LogP contribution in [0, 0.1) is 0 Å². The fourth-order valence-electron chi connectivity index (χ4n) is 2.57. The second-order valence-corrected chi connectivity index (χ2v) is 10.7. The van der Waals surface area contributed by atoms with Crippen molar-refractivity contribution in [3.8, 4) is 0 Å². The fraction of sp³-hybridized carbons (Fsp3) is 0.467. The molecule has 4 heterocycles. The molecule has 0 aliphatic rings. The molecule has 192 valence electrons. The van der Waals surface area contributed by atoms with E-state index >= 15 is 0 Å². The van der Waals surface area contributed by atoms with Gasteiger partial charge in [0.2, 0.25) is 0 Å². The Balaban J connectivity index is 0. The lowest BCUT2D eigenvalue weighted by Gasteiger charge is -1.95. The lowest BCUT2D eigenvalue weighted by atomic mass is 10.2. The molecule has 4 rings (SSSR count). The highest BCUT2D eigenvalue weighted by Crippen LogP contribution is 2.28. The molecule has 0 nitrogen and oxygen atoms in total.